The molecule has 4 aliphatic rings. The quantitative estimate of drug-likeness (QED) is 0.306. The molecule has 6 rings (SSSR count). The molecule has 3 fully saturated rings. The van der Waals surface area contributed by atoms with Gasteiger partial charge < -0.3 is 45.0 Å². The summed E-state index contributed by atoms with van der Waals surface area (Å²) < 4.78 is 52.7. The molecule has 4 aliphatic heterocycles. The minimum Gasteiger partial charge on any atom is -0.450 e. The van der Waals surface area contributed by atoms with Crippen LogP contribution in [0.3, 0.4) is 0 Å². The zero-order valence-corrected chi connectivity index (χ0v) is 32.6. The van der Waals surface area contributed by atoms with Gasteiger partial charge in [0.05, 0.1) is 22.9 Å². The molecule has 0 aliphatic carbocycles. The third-order valence-corrected chi connectivity index (χ3v) is 11.9. The number of amides is 5. The minimum absolute atomic E-state index is 0.0556. The zero-order valence-electron chi connectivity index (χ0n) is 31.9. The molecule has 1 atom stereocenters. The number of nitrogens with zero attached hydrogens (tertiary/aromatic N) is 5. The molecule has 17 heteroatoms. The van der Waals surface area contributed by atoms with E-state index in [1.807, 2.05) is 24.3 Å². The van der Waals surface area contributed by atoms with E-state index in [4.69, 9.17) is 26.8 Å². The lowest BCUT2D eigenvalue weighted by atomic mass is 9.96. The number of rotatable bonds is 8. The van der Waals surface area contributed by atoms with Crippen LogP contribution in [-0.2, 0) is 33.3 Å². The fourth-order valence-corrected chi connectivity index (χ4v) is 8.62. The summed E-state index contributed by atoms with van der Waals surface area (Å²) in [5, 5.41) is 2.67. The van der Waals surface area contributed by atoms with Gasteiger partial charge in [0, 0.05) is 83.1 Å². The van der Waals surface area contributed by atoms with Gasteiger partial charge in [0.15, 0.2) is 6.10 Å². The average Bonchev–Trinajstić information content (AvgIpc) is 3.36. The Balaban J connectivity index is 1.09. The number of nitrogens with two attached hydrogens (primary N) is 1. The number of carbonyl (C=O) groups is 4. The maximum Gasteiger partial charge on any atom is 0.418 e. The van der Waals surface area contributed by atoms with Crippen LogP contribution in [0.2, 0.25) is 5.02 Å². The number of carbonyl (C=O) groups excluding carboxylic acids is 4. The van der Waals surface area contributed by atoms with Gasteiger partial charge in [-0.05, 0) is 81.2 Å². The smallest absolute Gasteiger partial charge is 0.418 e. The summed E-state index contributed by atoms with van der Waals surface area (Å²) in [4.78, 5) is 62.1. The number of para-hydroxylation sites is 1. The summed E-state index contributed by atoms with van der Waals surface area (Å²) in [5.74, 6) is -0.497. The van der Waals surface area contributed by atoms with Crippen molar-refractivity contribution in [1.82, 2.24) is 24.5 Å². The van der Waals surface area contributed by atoms with Gasteiger partial charge in [-0.15, -0.1) is 0 Å². The van der Waals surface area contributed by atoms with Crippen molar-refractivity contribution < 1.29 is 41.8 Å². The highest BCUT2D eigenvalue weighted by Crippen LogP contribution is 2.38. The number of alkyl halides is 3. The average molecular weight is 806 g/mol. The predicted octanol–water partition coefficient (Wildman–Crippen LogP) is 6.09. The third kappa shape index (κ3) is 9.56. The van der Waals surface area contributed by atoms with E-state index in [1.165, 1.54) is 11.0 Å². The summed E-state index contributed by atoms with van der Waals surface area (Å²) in [6.45, 7) is 5.50. The van der Waals surface area contributed by atoms with Crippen LogP contribution in [0.5, 0.6) is 0 Å². The Kier molecular flexibility index (Phi) is 13.1. The summed E-state index contributed by atoms with van der Waals surface area (Å²) >= 11 is 6.14. The van der Waals surface area contributed by atoms with Crippen LogP contribution in [0.25, 0.3) is 0 Å². The van der Waals surface area contributed by atoms with Gasteiger partial charge in [0.2, 0.25) is 0 Å². The Morgan fingerprint density at radius 3 is 2.25 bits per heavy atom. The van der Waals surface area contributed by atoms with Crippen LogP contribution in [-0.4, -0.2) is 132 Å². The fraction of sp³-hybridized carbons (Fsp3) is 0.590. The predicted molar refractivity (Wildman–Crippen MR) is 204 cm³/mol. The third-order valence-electron chi connectivity index (χ3n) is 11.6. The van der Waals surface area contributed by atoms with E-state index in [9.17, 15) is 32.3 Å². The molecule has 0 spiro atoms. The molecule has 306 valence electrons. The van der Waals surface area contributed by atoms with E-state index in [0.29, 0.717) is 58.3 Å². The SMILES string of the molecule is CCOC(=O)N(C)C1CCN(C2CCN(C(=O)[C@@H](Cc3cc(Cl)c(N)c(C(F)(F)F)c3)OC(=O)N3CCC(N4CCc5ccccc5NC4=O)CC3)CC2)CC1. The van der Waals surface area contributed by atoms with Crippen molar-refractivity contribution in [2.24, 2.45) is 0 Å². The highest BCUT2D eigenvalue weighted by atomic mass is 35.5. The van der Waals surface area contributed by atoms with E-state index in [2.05, 4.69) is 10.2 Å². The Labute approximate surface area is 330 Å². The topological polar surface area (TPSA) is 141 Å². The van der Waals surface area contributed by atoms with Gasteiger partial charge in [-0.1, -0.05) is 29.8 Å². The first-order valence-corrected chi connectivity index (χ1v) is 19.8. The number of nitrogen functional groups attached to an aromatic ring is 1. The molecule has 0 aromatic heterocycles. The maximum atomic E-state index is 14.1. The van der Waals surface area contributed by atoms with Crippen molar-refractivity contribution in [1.29, 1.82) is 0 Å². The first-order chi connectivity index (χ1) is 26.7. The van der Waals surface area contributed by atoms with Gasteiger partial charge in [-0.25, -0.2) is 14.4 Å². The van der Waals surface area contributed by atoms with Crippen molar-refractivity contribution in [2.75, 3.05) is 70.5 Å². The minimum atomic E-state index is -4.79. The van der Waals surface area contributed by atoms with Crippen LogP contribution < -0.4 is 11.1 Å². The first-order valence-electron chi connectivity index (χ1n) is 19.4. The van der Waals surface area contributed by atoms with E-state index in [-0.39, 0.29) is 60.3 Å². The number of benzene rings is 2. The van der Waals surface area contributed by atoms with Gasteiger partial charge in [-0.3, -0.25) is 4.79 Å². The van der Waals surface area contributed by atoms with Crippen molar-refractivity contribution in [3.63, 3.8) is 0 Å². The molecule has 2 aromatic carbocycles. The summed E-state index contributed by atoms with van der Waals surface area (Å²) in [6.07, 6.45) is -3.02. The number of halogens is 4. The lowest BCUT2D eigenvalue weighted by Gasteiger charge is -2.43. The number of ether oxygens (including phenoxy) is 2. The number of urea groups is 1. The van der Waals surface area contributed by atoms with Crippen molar-refractivity contribution in [2.45, 2.75) is 88.7 Å². The standard InChI is InChI=1S/C39H51ClF3N7O6/c1-3-55-37(53)46(2)27-9-15-47(16-10-27)28-11-17-48(18-12-28)35(51)33(24-25-22-30(39(41,42)43)34(44)31(40)23-25)56-38(54)49-19-13-29(14-20-49)50-21-8-26-6-4-5-7-32(26)45-36(50)52/h4-7,22-23,27-29,33H,3,8-21,24,44H2,1-2H3,(H,45,52)/t33-/m1/s1. The number of fused-ring (bicyclic) bond motifs is 1. The normalized spacial score (nSPS) is 19.8. The second kappa shape index (κ2) is 17.8. The monoisotopic (exact) mass is 805 g/mol. The molecule has 0 saturated carbocycles. The van der Waals surface area contributed by atoms with Crippen LogP contribution in [0.1, 0.15) is 62.1 Å². The molecule has 56 heavy (non-hydrogen) atoms. The van der Waals surface area contributed by atoms with Crippen LogP contribution in [0.15, 0.2) is 36.4 Å². The molecule has 4 heterocycles. The molecule has 13 nitrogen and oxygen atoms in total. The molecular formula is C39H51ClF3N7O6. The molecule has 5 amide bonds. The molecule has 0 unspecified atom stereocenters. The summed E-state index contributed by atoms with van der Waals surface area (Å²) in [6, 6.07) is 9.76. The van der Waals surface area contributed by atoms with E-state index >= 15 is 0 Å². The fourth-order valence-electron chi connectivity index (χ4n) is 8.38. The number of hydrogen-bond donors (Lipinski definition) is 2. The Morgan fingerprint density at radius 1 is 0.946 bits per heavy atom. The maximum absolute atomic E-state index is 14.1. The Hall–Kier alpha value is -4.44. The molecule has 0 bridgehead atoms. The van der Waals surface area contributed by atoms with Crippen molar-refractivity contribution >= 4 is 47.1 Å². The van der Waals surface area contributed by atoms with Crippen LogP contribution >= 0.6 is 11.6 Å². The number of anilines is 2. The second-order valence-corrected chi connectivity index (χ2v) is 15.4. The summed E-state index contributed by atoms with van der Waals surface area (Å²) in [7, 11) is 1.76. The van der Waals surface area contributed by atoms with Gasteiger partial charge in [-0.2, -0.15) is 13.2 Å². The highest BCUT2D eigenvalue weighted by Gasteiger charge is 2.39. The van der Waals surface area contributed by atoms with E-state index in [1.54, 1.807) is 28.7 Å². The van der Waals surface area contributed by atoms with E-state index < -0.39 is 35.5 Å². The van der Waals surface area contributed by atoms with Crippen molar-refractivity contribution in [3.8, 4) is 0 Å². The number of hydrogen-bond acceptors (Lipinski definition) is 8. The zero-order chi connectivity index (χ0) is 40.1. The lowest BCUT2D eigenvalue weighted by Crippen LogP contribution is -2.54. The van der Waals surface area contributed by atoms with E-state index in [0.717, 1.165) is 43.2 Å². The Bertz CT molecular complexity index is 1740. The van der Waals surface area contributed by atoms with Crippen LogP contribution in [0, 0.1) is 0 Å². The van der Waals surface area contributed by atoms with Gasteiger partial charge >= 0.3 is 24.4 Å². The Morgan fingerprint density at radius 2 is 1.59 bits per heavy atom. The number of piperidine rings is 3. The lowest BCUT2D eigenvalue weighted by molar-refractivity contribution is -0.142. The molecule has 3 saturated heterocycles. The molecule has 0 radical (unpaired) electrons. The van der Waals surface area contributed by atoms with Crippen molar-refractivity contribution in [3.05, 3.63) is 58.1 Å². The largest absolute Gasteiger partial charge is 0.450 e. The molecule has 2 aromatic rings. The number of nitrogens with one attached hydrogen (secondary N) is 1. The summed E-state index contributed by atoms with van der Waals surface area (Å²) in [5.41, 5.74) is 5.82. The van der Waals surface area contributed by atoms with Gasteiger partial charge in [0.1, 0.15) is 0 Å². The molecule has 3 N–H and O–H groups in total. The van der Waals surface area contributed by atoms with Crippen LogP contribution in [0.4, 0.5) is 38.9 Å². The molecular weight excluding hydrogens is 755 g/mol. The first kappa shape index (κ1) is 41.2. The van der Waals surface area contributed by atoms with Gasteiger partial charge in [0.25, 0.3) is 5.91 Å². The number of likely N-dealkylation sites (tertiary alicyclic amines) is 3. The highest BCUT2D eigenvalue weighted by molar-refractivity contribution is 6.33. The second-order valence-electron chi connectivity index (χ2n) is 15.0.